The van der Waals surface area contributed by atoms with Crippen molar-refractivity contribution in [2.24, 2.45) is 5.14 Å². The number of rotatable bonds is 2. The van der Waals surface area contributed by atoms with Gasteiger partial charge < -0.3 is 0 Å². The van der Waals surface area contributed by atoms with Crippen LogP contribution in [0.1, 0.15) is 5.56 Å². The summed E-state index contributed by atoms with van der Waals surface area (Å²) in [6.45, 7) is 0. The molecule has 13 heavy (non-hydrogen) atoms. The molecule has 4 nitrogen and oxygen atoms in total. The summed E-state index contributed by atoms with van der Waals surface area (Å²) in [5, 5.41) is 5.23. The topological polar surface area (TPSA) is 73.1 Å². The Morgan fingerprint density at radius 3 is 2.15 bits per heavy atom. The van der Waals surface area contributed by atoms with Gasteiger partial charge in [0.1, 0.15) is 0 Å². The van der Waals surface area contributed by atoms with E-state index in [0.29, 0.717) is 0 Å². The summed E-state index contributed by atoms with van der Waals surface area (Å²) in [6, 6.07) is 0. The van der Waals surface area contributed by atoms with Crippen LogP contribution in [0.2, 0.25) is 10.0 Å². The number of hydrogen-bond donors (Lipinski definition) is 1. The van der Waals surface area contributed by atoms with Crippen LogP contribution in [-0.2, 0) is 15.8 Å². The standard InChI is InChI=1S/C6H6Cl2N2O2S/c7-5-1-10-2-6(8)4(5)3-13(9,11)12/h1-2H,3H2,(H2,9,11,12). The largest absolute Gasteiger partial charge is 0.262 e. The maximum atomic E-state index is 10.7. The Morgan fingerprint density at radius 1 is 1.31 bits per heavy atom. The van der Waals surface area contributed by atoms with Crippen LogP contribution in [-0.4, -0.2) is 13.4 Å². The molecule has 0 bridgehead atoms. The van der Waals surface area contributed by atoms with Gasteiger partial charge in [-0.1, -0.05) is 23.2 Å². The molecular weight excluding hydrogens is 235 g/mol. The lowest BCUT2D eigenvalue weighted by Crippen LogP contribution is -2.15. The molecule has 0 atom stereocenters. The van der Waals surface area contributed by atoms with E-state index in [2.05, 4.69) is 4.98 Å². The summed E-state index contributed by atoms with van der Waals surface area (Å²) in [7, 11) is -3.62. The van der Waals surface area contributed by atoms with Crippen molar-refractivity contribution >= 4 is 33.2 Å². The van der Waals surface area contributed by atoms with Gasteiger partial charge in [-0.15, -0.1) is 0 Å². The Morgan fingerprint density at radius 2 is 1.77 bits per heavy atom. The highest BCUT2D eigenvalue weighted by Gasteiger charge is 2.12. The molecule has 2 N–H and O–H groups in total. The molecule has 0 aliphatic carbocycles. The first kappa shape index (κ1) is 10.7. The van der Waals surface area contributed by atoms with Gasteiger partial charge in [-0.25, -0.2) is 13.6 Å². The maximum Gasteiger partial charge on any atom is 0.213 e. The summed E-state index contributed by atoms with van der Waals surface area (Å²) < 4.78 is 21.5. The monoisotopic (exact) mass is 240 g/mol. The summed E-state index contributed by atoms with van der Waals surface area (Å²) >= 11 is 11.3. The van der Waals surface area contributed by atoms with Gasteiger partial charge in [0.2, 0.25) is 10.0 Å². The minimum absolute atomic E-state index is 0.196. The molecule has 0 spiro atoms. The fourth-order valence-corrected chi connectivity index (χ4v) is 2.15. The fraction of sp³-hybridized carbons (Fsp3) is 0.167. The third-order valence-corrected chi connectivity index (χ3v) is 2.64. The molecule has 0 fully saturated rings. The molecule has 72 valence electrons. The van der Waals surface area contributed by atoms with E-state index in [-0.39, 0.29) is 21.4 Å². The quantitative estimate of drug-likeness (QED) is 0.844. The predicted octanol–water partition coefficient (Wildman–Crippen LogP) is 1.18. The SMILES string of the molecule is NS(=O)(=O)Cc1c(Cl)cncc1Cl. The summed E-state index contributed by atoms with van der Waals surface area (Å²) in [4.78, 5) is 3.67. The van der Waals surface area contributed by atoms with Gasteiger partial charge in [0.25, 0.3) is 0 Å². The van der Waals surface area contributed by atoms with Gasteiger partial charge in [-0.05, 0) is 0 Å². The van der Waals surface area contributed by atoms with Crippen molar-refractivity contribution in [3.05, 3.63) is 28.0 Å². The van der Waals surface area contributed by atoms with E-state index in [0.717, 1.165) is 0 Å². The van der Waals surface area contributed by atoms with Crippen LogP contribution in [0.4, 0.5) is 0 Å². The minimum Gasteiger partial charge on any atom is -0.262 e. The van der Waals surface area contributed by atoms with Crippen LogP contribution < -0.4 is 5.14 Å². The van der Waals surface area contributed by atoms with Crippen LogP contribution in [0.5, 0.6) is 0 Å². The summed E-state index contributed by atoms with van der Waals surface area (Å²) in [5.74, 6) is -0.382. The molecule has 1 heterocycles. The van der Waals surface area contributed by atoms with E-state index >= 15 is 0 Å². The normalized spacial score (nSPS) is 11.6. The average Bonchev–Trinajstić information content (AvgIpc) is 1.95. The highest BCUT2D eigenvalue weighted by atomic mass is 35.5. The van der Waals surface area contributed by atoms with Gasteiger partial charge >= 0.3 is 0 Å². The second-order valence-corrected chi connectivity index (χ2v) is 4.82. The van der Waals surface area contributed by atoms with Gasteiger partial charge in [0.05, 0.1) is 15.8 Å². The van der Waals surface area contributed by atoms with E-state index in [1.165, 1.54) is 12.4 Å². The Labute approximate surface area is 85.7 Å². The third-order valence-electron chi connectivity index (χ3n) is 1.30. The second-order valence-electron chi connectivity index (χ2n) is 2.39. The first-order valence-electron chi connectivity index (χ1n) is 3.18. The van der Waals surface area contributed by atoms with Crippen LogP contribution >= 0.6 is 23.2 Å². The first-order chi connectivity index (χ1) is 5.90. The molecule has 1 aromatic heterocycles. The van der Waals surface area contributed by atoms with E-state index in [1.807, 2.05) is 0 Å². The number of nitrogens with two attached hydrogens (primary N) is 1. The molecule has 1 aromatic rings. The molecule has 1 rings (SSSR count). The van der Waals surface area contributed by atoms with Gasteiger partial charge in [-0.2, -0.15) is 0 Å². The van der Waals surface area contributed by atoms with Crippen molar-refractivity contribution < 1.29 is 8.42 Å². The van der Waals surface area contributed by atoms with Crippen molar-refractivity contribution in [3.8, 4) is 0 Å². The van der Waals surface area contributed by atoms with E-state index in [9.17, 15) is 8.42 Å². The molecule has 0 amide bonds. The second kappa shape index (κ2) is 3.79. The number of nitrogens with zero attached hydrogens (tertiary/aromatic N) is 1. The molecule has 0 aliphatic rings. The average molecular weight is 241 g/mol. The molecule has 0 saturated heterocycles. The van der Waals surface area contributed by atoms with Crippen LogP contribution in [0.25, 0.3) is 0 Å². The Bertz CT molecular complexity index is 398. The van der Waals surface area contributed by atoms with E-state index < -0.39 is 10.0 Å². The number of pyridine rings is 1. The number of sulfonamides is 1. The van der Waals surface area contributed by atoms with Crippen LogP contribution in [0.15, 0.2) is 12.4 Å². The maximum absolute atomic E-state index is 10.7. The zero-order valence-electron chi connectivity index (χ0n) is 6.37. The Kier molecular flexibility index (Phi) is 3.13. The number of primary sulfonamides is 1. The number of hydrogen-bond acceptors (Lipinski definition) is 3. The molecule has 0 radical (unpaired) electrons. The molecule has 0 saturated carbocycles. The highest BCUT2D eigenvalue weighted by Crippen LogP contribution is 2.23. The smallest absolute Gasteiger partial charge is 0.213 e. The minimum atomic E-state index is -3.62. The molecule has 0 aliphatic heterocycles. The van der Waals surface area contributed by atoms with Crippen molar-refractivity contribution in [3.63, 3.8) is 0 Å². The molecule has 7 heteroatoms. The van der Waals surface area contributed by atoms with Crippen LogP contribution in [0, 0.1) is 0 Å². The Hall–Kier alpha value is -0.360. The third kappa shape index (κ3) is 3.11. The van der Waals surface area contributed by atoms with Crippen molar-refractivity contribution in [1.29, 1.82) is 0 Å². The summed E-state index contributed by atoms with van der Waals surface area (Å²) in [6.07, 6.45) is 2.63. The van der Waals surface area contributed by atoms with Gasteiger partial charge in [-0.3, -0.25) is 4.98 Å². The van der Waals surface area contributed by atoms with E-state index in [4.69, 9.17) is 28.3 Å². The van der Waals surface area contributed by atoms with Gasteiger partial charge in [0.15, 0.2) is 0 Å². The number of aromatic nitrogens is 1. The van der Waals surface area contributed by atoms with Crippen molar-refractivity contribution in [1.82, 2.24) is 4.98 Å². The zero-order valence-corrected chi connectivity index (χ0v) is 8.70. The summed E-state index contributed by atoms with van der Waals surface area (Å²) in [5.41, 5.74) is 0.279. The molecule has 0 aromatic carbocycles. The lowest BCUT2D eigenvalue weighted by atomic mass is 10.3. The number of halogens is 2. The van der Waals surface area contributed by atoms with Crippen LogP contribution in [0.3, 0.4) is 0 Å². The Balaban J connectivity index is 3.15. The van der Waals surface area contributed by atoms with Crippen molar-refractivity contribution in [2.75, 3.05) is 0 Å². The first-order valence-corrected chi connectivity index (χ1v) is 5.65. The zero-order chi connectivity index (χ0) is 10.1. The predicted molar refractivity (Wildman–Crippen MR) is 51.1 cm³/mol. The molecular formula is C6H6Cl2N2O2S. The van der Waals surface area contributed by atoms with Gasteiger partial charge in [0, 0.05) is 18.0 Å². The lowest BCUT2D eigenvalue weighted by Gasteiger charge is -2.03. The van der Waals surface area contributed by atoms with Crippen molar-refractivity contribution in [2.45, 2.75) is 5.75 Å². The molecule has 0 unspecified atom stereocenters. The fourth-order valence-electron chi connectivity index (χ4n) is 0.777. The highest BCUT2D eigenvalue weighted by molar-refractivity contribution is 7.88. The lowest BCUT2D eigenvalue weighted by molar-refractivity contribution is 0.597. The van der Waals surface area contributed by atoms with E-state index in [1.54, 1.807) is 0 Å².